The normalized spacial score (nSPS) is 14.5. The van der Waals surface area contributed by atoms with Crippen LogP contribution in [-0.2, 0) is 4.74 Å². The molecule has 0 spiro atoms. The van der Waals surface area contributed by atoms with Crippen molar-refractivity contribution in [3.05, 3.63) is 0 Å². The van der Waals surface area contributed by atoms with E-state index in [1.165, 1.54) is 27.0 Å². The average Bonchev–Trinajstić information content (AvgIpc) is 1.65. The number of ether oxygens (including phenoxy) is 1. The quantitative estimate of drug-likeness (QED) is 0.574. The van der Waals surface area contributed by atoms with Gasteiger partial charge in [0.25, 0.3) is 0 Å². The summed E-state index contributed by atoms with van der Waals surface area (Å²) in [6, 6.07) is 0. The Morgan fingerprint density at radius 1 is 1.83 bits per heavy atom. The molecular formula is C4H10OSn. The molecule has 0 N–H and O–H groups in total. The van der Waals surface area contributed by atoms with Gasteiger partial charge in [0.1, 0.15) is 0 Å². The zero-order valence-electron chi connectivity index (χ0n) is 4.27. The molecule has 1 unspecified atom stereocenters. The van der Waals surface area contributed by atoms with E-state index >= 15 is 0 Å². The van der Waals surface area contributed by atoms with Crippen molar-refractivity contribution in [2.24, 2.45) is 0 Å². The van der Waals surface area contributed by atoms with Crippen LogP contribution in [-0.4, -0.2) is 35.7 Å². The average molecular weight is 193 g/mol. The van der Waals surface area contributed by atoms with E-state index < -0.39 is 0 Å². The number of rotatable bonds is 2. The number of methoxy groups -OCH3 is 1. The van der Waals surface area contributed by atoms with Crippen LogP contribution in [0.1, 0.15) is 6.92 Å². The van der Waals surface area contributed by atoms with E-state index in [9.17, 15) is 0 Å². The molecule has 0 aromatic heterocycles. The van der Waals surface area contributed by atoms with Crippen LogP contribution >= 0.6 is 0 Å². The third-order valence-corrected chi connectivity index (χ3v) is 2.63. The Kier molecular flexibility index (Phi) is 4.43. The van der Waals surface area contributed by atoms with Crippen molar-refractivity contribution in [3.8, 4) is 0 Å². The molecule has 6 heavy (non-hydrogen) atoms. The van der Waals surface area contributed by atoms with Crippen molar-refractivity contribution in [3.63, 3.8) is 0 Å². The van der Waals surface area contributed by atoms with E-state index in [4.69, 9.17) is 4.74 Å². The van der Waals surface area contributed by atoms with E-state index in [0.717, 1.165) is 0 Å². The van der Waals surface area contributed by atoms with Crippen molar-refractivity contribution in [1.82, 2.24) is 0 Å². The zero-order chi connectivity index (χ0) is 4.99. The summed E-state index contributed by atoms with van der Waals surface area (Å²) in [4.78, 5) is 0. The van der Waals surface area contributed by atoms with E-state index in [2.05, 4.69) is 6.92 Å². The molecule has 0 aliphatic rings. The van der Waals surface area contributed by atoms with Gasteiger partial charge in [-0.05, 0) is 0 Å². The van der Waals surface area contributed by atoms with Gasteiger partial charge in [-0.25, -0.2) is 0 Å². The van der Waals surface area contributed by atoms with Gasteiger partial charge in [0.15, 0.2) is 0 Å². The van der Waals surface area contributed by atoms with Crippen LogP contribution in [0.2, 0.25) is 4.44 Å². The molecule has 0 bridgehead atoms. The van der Waals surface area contributed by atoms with E-state index in [1.807, 2.05) is 0 Å². The molecule has 0 aliphatic carbocycles. The van der Waals surface area contributed by atoms with Gasteiger partial charge < -0.3 is 0 Å². The molecule has 0 rings (SSSR count). The summed E-state index contributed by atoms with van der Waals surface area (Å²) in [5.41, 5.74) is 0. The fourth-order valence-corrected chi connectivity index (χ4v) is 0.645. The Bertz CT molecular complexity index is 26.7. The molecule has 0 saturated heterocycles. The molecule has 0 aliphatic heterocycles. The van der Waals surface area contributed by atoms with Gasteiger partial charge in [0.05, 0.1) is 0 Å². The fourth-order valence-electron chi connectivity index (χ4n) is 0.0962. The van der Waals surface area contributed by atoms with Gasteiger partial charge in [0, 0.05) is 0 Å². The first-order valence-electron chi connectivity index (χ1n) is 2.04. The second kappa shape index (κ2) is 3.93. The Balaban J connectivity index is 2.75. The SMILES string of the molecule is COC(C)[CH2][SnH]. The molecule has 1 atom stereocenters. The molecule has 2 heteroatoms. The molecule has 1 nitrogen and oxygen atoms in total. The summed E-state index contributed by atoms with van der Waals surface area (Å²) >= 11 is 1.31. The van der Waals surface area contributed by atoms with Crippen molar-refractivity contribution in [1.29, 1.82) is 0 Å². The van der Waals surface area contributed by atoms with E-state index in [-0.39, 0.29) is 0 Å². The first-order valence-corrected chi connectivity index (χ1v) is 4.37. The maximum absolute atomic E-state index is 4.93. The second-order valence-corrected chi connectivity index (χ2v) is 2.63. The molecule has 0 aromatic carbocycles. The molecule has 0 heterocycles. The van der Waals surface area contributed by atoms with Crippen LogP contribution in [0.15, 0.2) is 0 Å². The minimum atomic E-state index is 0.493. The van der Waals surface area contributed by atoms with Gasteiger partial charge in [-0.1, -0.05) is 0 Å². The van der Waals surface area contributed by atoms with Crippen molar-refractivity contribution < 1.29 is 4.74 Å². The molecule has 0 fully saturated rings. The fraction of sp³-hybridized carbons (Fsp3) is 1.00. The second-order valence-electron chi connectivity index (χ2n) is 1.28. The topological polar surface area (TPSA) is 9.23 Å². The Labute approximate surface area is 52.2 Å². The van der Waals surface area contributed by atoms with E-state index in [1.54, 1.807) is 7.11 Å². The summed E-state index contributed by atoms with van der Waals surface area (Å²) < 4.78 is 6.17. The number of hydrogen-bond acceptors (Lipinski definition) is 1. The van der Waals surface area contributed by atoms with Crippen LogP contribution in [0, 0.1) is 0 Å². The molecule has 2 radical (unpaired) electrons. The summed E-state index contributed by atoms with van der Waals surface area (Å²) in [6.45, 7) is 2.09. The van der Waals surface area contributed by atoms with Crippen molar-refractivity contribution in [2.45, 2.75) is 17.5 Å². The third kappa shape index (κ3) is 2.97. The Hall–Kier alpha value is 0.759. The maximum atomic E-state index is 4.93. The first kappa shape index (κ1) is 6.76. The molecular weight excluding hydrogens is 183 g/mol. The van der Waals surface area contributed by atoms with Crippen LogP contribution in [0.4, 0.5) is 0 Å². The van der Waals surface area contributed by atoms with Crippen LogP contribution in [0.5, 0.6) is 0 Å². The van der Waals surface area contributed by atoms with Gasteiger partial charge >= 0.3 is 51.8 Å². The molecule has 0 saturated carbocycles. The molecule has 36 valence electrons. The standard InChI is InChI=1S/C4H9O.Sn.H/c1-4(2)5-3;;/h4H,1H2,2-3H3;;. The van der Waals surface area contributed by atoms with Gasteiger partial charge in [0.2, 0.25) is 0 Å². The summed E-state index contributed by atoms with van der Waals surface area (Å²) in [6.07, 6.45) is 0.493. The van der Waals surface area contributed by atoms with Gasteiger partial charge in [-0.2, -0.15) is 0 Å². The van der Waals surface area contributed by atoms with Gasteiger partial charge in [-0.15, -0.1) is 0 Å². The Morgan fingerprint density at radius 3 is 2.33 bits per heavy atom. The van der Waals surface area contributed by atoms with Crippen LogP contribution in [0.25, 0.3) is 0 Å². The predicted molar refractivity (Wildman–Crippen MR) is 28.4 cm³/mol. The summed E-state index contributed by atoms with van der Waals surface area (Å²) in [5, 5.41) is 0. The monoisotopic (exact) mass is 194 g/mol. The van der Waals surface area contributed by atoms with Crippen LogP contribution < -0.4 is 0 Å². The predicted octanol–water partition coefficient (Wildman–Crippen LogP) is 0.340. The van der Waals surface area contributed by atoms with E-state index in [0.29, 0.717) is 6.10 Å². The third-order valence-electron chi connectivity index (χ3n) is 0.734. The molecule has 0 aromatic rings. The molecule has 0 amide bonds. The first-order chi connectivity index (χ1) is 2.81. The number of hydrogen-bond donors (Lipinski definition) is 0. The van der Waals surface area contributed by atoms with Crippen molar-refractivity contribution in [2.75, 3.05) is 7.11 Å². The Morgan fingerprint density at radius 2 is 2.33 bits per heavy atom. The summed E-state index contributed by atoms with van der Waals surface area (Å²) in [7, 11) is 1.75. The van der Waals surface area contributed by atoms with Gasteiger partial charge in [-0.3, -0.25) is 0 Å². The van der Waals surface area contributed by atoms with Crippen molar-refractivity contribution >= 4 is 22.5 Å². The van der Waals surface area contributed by atoms with Crippen LogP contribution in [0.3, 0.4) is 0 Å². The minimum absolute atomic E-state index is 0.493. The zero-order valence-corrected chi connectivity index (χ0v) is 7.57. The summed E-state index contributed by atoms with van der Waals surface area (Å²) in [5.74, 6) is 0.